The highest BCUT2D eigenvalue weighted by Gasteiger charge is 2.39. The van der Waals surface area contributed by atoms with Gasteiger partial charge in [0.15, 0.2) is 17.4 Å². The van der Waals surface area contributed by atoms with E-state index in [1.54, 1.807) is 0 Å². The van der Waals surface area contributed by atoms with E-state index in [1.165, 1.54) is 10.9 Å². The van der Waals surface area contributed by atoms with Crippen LogP contribution in [-0.2, 0) is 22.7 Å². The van der Waals surface area contributed by atoms with E-state index in [9.17, 15) is 23.9 Å². The third-order valence-corrected chi connectivity index (χ3v) is 5.68. The van der Waals surface area contributed by atoms with Crippen molar-refractivity contribution >= 4 is 32.8 Å². The van der Waals surface area contributed by atoms with E-state index in [-0.39, 0.29) is 23.5 Å². The largest absolute Gasteiger partial charge is 0.481 e. The fourth-order valence-corrected chi connectivity index (χ4v) is 4.17. The summed E-state index contributed by atoms with van der Waals surface area (Å²) in [7, 11) is -10.3. The van der Waals surface area contributed by atoms with Crippen molar-refractivity contribution in [2.75, 3.05) is 12.3 Å². The quantitative estimate of drug-likeness (QED) is 0.291. The van der Waals surface area contributed by atoms with E-state index in [0.717, 1.165) is 0 Å². The lowest BCUT2D eigenvalue weighted by Crippen LogP contribution is -2.20. The maximum atomic E-state index is 11.8. The van der Waals surface area contributed by atoms with Crippen LogP contribution in [0.1, 0.15) is 12.6 Å². The van der Waals surface area contributed by atoms with Gasteiger partial charge in [0, 0.05) is 6.42 Å². The van der Waals surface area contributed by atoms with Gasteiger partial charge < -0.3 is 30.3 Å². The summed E-state index contributed by atoms with van der Waals surface area (Å²) in [6.07, 6.45) is -1.96. The van der Waals surface area contributed by atoms with Crippen LogP contribution in [0.5, 0.6) is 0 Å². The molecule has 1 aliphatic heterocycles. The van der Waals surface area contributed by atoms with Gasteiger partial charge in [-0.05, 0) is 0 Å². The normalized spacial score (nSPS) is 25.7. The topological polar surface area (TPSA) is 232 Å². The van der Waals surface area contributed by atoms with Gasteiger partial charge in [0.1, 0.15) is 6.10 Å². The molecule has 1 saturated heterocycles. The number of nitrogen functional groups attached to an aromatic ring is 1. The van der Waals surface area contributed by atoms with Crippen LogP contribution in [0, 0.1) is 0 Å². The lowest BCUT2D eigenvalue weighted by Gasteiger charge is -2.17. The Hall–Kier alpha value is -1.67. The zero-order valence-corrected chi connectivity index (χ0v) is 15.1. The number of phosphoric ester groups is 1. The van der Waals surface area contributed by atoms with Gasteiger partial charge in [-0.2, -0.15) is 9.29 Å². The molecule has 0 spiro atoms. The molecule has 150 valence electrons. The second kappa shape index (κ2) is 7.05. The van der Waals surface area contributed by atoms with Crippen LogP contribution in [0.2, 0.25) is 0 Å². The van der Waals surface area contributed by atoms with Crippen molar-refractivity contribution in [2.45, 2.75) is 24.9 Å². The van der Waals surface area contributed by atoms with Gasteiger partial charge >= 0.3 is 15.6 Å². The number of rotatable bonds is 6. The molecular weight excluding hydrogens is 412 g/mol. The van der Waals surface area contributed by atoms with Crippen molar-refractivity contribution in [3.8, 4) is 0 Å². The van der Waals surface area contributed by atoms with Gasteiger partial charge in [-0.3, -0.25) is 18.9 Å². The summed E-state index contributed by atoms with van der Waals surface area (Å²) in [4.78, 5) is 48.2. The molecule has 27 heavy (non-hydrogen) atoms. The first kappa shape index (κ1) is 20.1. The fourth-order valence-electron chi connectivity index (χ4n) is 2.55. The maximum Gasteiger partial charge on any atom is 0.481 e. The van der Waals surface area contributed by atoms with Crippen LogP contribution in [0.15, 0.2) is 11.1 Å². The summed E-state index contributed by atoms with van der Waals surface area (Å²) in [6, 6.07) is 0. The van der Waals surface area contributed by atoms with Crippen molar-refractivity contribution in [1.82, 2.24) is 19.5 Å². The molecule has 7 N–H and O–H groups in total. The minimum atomic E-state index is -5.24. The number of fused-ring (bicyclic) bond motifs is 1. The molecule has 3 rings (SSSR count). The third kappa shape index (κ3) is 4.60. The average Bonchev–Trinajstić information content (AvgIpc) is 3.06. The van der Waals surface area contributed by atoms with E-state index in [2.05, 4.69) is 23.8 Å². The first-order valence-electron chi connectivity index (χ1n) is 7.25. The molecule has 3 heterocycles. The van der Waals surface area contributed by atoms with Crippen molar-refractivity contribution < 1.29 is 42.5 Å². The van der Waals surface area contributed by atoms with Gasteiger partial charge in [-0.1, -0.05) is 0 Å². The second-order valence-corrected chi connectivity index (χ2v) is 8.39. The van der Waals surface area contributed by atoms with Crippen LogP contribution >= 0.6 is 15.6 Å². The molecule has 0 aromatic carbocycles. The number of hydrogen-bond donors (Lipinski definition) is 6. The van der Waals surface area contributed by atoms with Crippen molar-refractivity contribution in [1.29, 1.82) is 0 Å². The summed E-state index contributed by atoms with van der Waals surface area (Å²) < 4.78 is 37.0. The molecule has 1 fully saturated rings. The number of phosphoric acid groups is 2. The fraction of sp³-hybridized carbons (Fsp3) is 0.500. The average molecular weight is 427 g/mol. The minimum Gasteiger partial charge on any atom is -0.388 e. The van der Waals surface area contributed by atoms with Crippen molar-refractivity contribution in [3.63, 3.8) is 0 Å². The van der Waals surface area contributed by atoms with E-state index < -0.39 is 46.2 Å². The number of H-pyrrole nitrogens is 1. The van der Waals surface area contributed by atoms with Gasteiger partial charge in [0.05, 0.1) is 19.0 Å². The van der Waals surface area contributed by atoms with E-state index in [1.807, 2.05) is 0 Å². The number of aromatic nitrogens is 4. The predicted molar refractivity (Wildman–Crippen MR) is 86.0 cm³/mol. The lowest BCUT2D eigenvalue weighted by atomic mass is 10.2. The van der Waals surface area contributed by atoms with Gasteiger partial charge in [-0.25, -0.2) is 14.1 Å². The number of ether oxygens (including phenoxy) is 1. The molecule has 0 radical (unpaired) electrons. The van der Waals surface area contributed by atoms with Gasteiger partial charge in [0.25, 0.3) is 5.56 Å². The Bertz CT molecular complexity index is 1000. The maximum absolute atomic E-state index is 11.8. The highest BCUT2D eigenvalue weighted by Crippen LogP contribution is 2.57. The van der Waals surface area contributed by atoms with Crippen LogP contribution in [0.4, 0.5) is 5.95 Å². The van der Waals surface area contributed by atoms with Crippen molar-refractivity contribution in [2.24, 2.45) is 0 Å². The second-order valence-electron chi connectivity index (χ2n) is 5.56. The summed E-state index contributed by atoms with van der Waals surface area (Å²) in [5.41, 5.74) is 4.93. The first-order chi connectivity index (χ1) is 12.5. The zero-order valence-electron chi connectivity index (χ0n) is 13.3. The Balaban J connectivity index is 1.73. The Labute approximate surface area is 149 Å². The Kier molecular flexibility index (Phi) is 5.24. The Morgan fingerprint density at radius 2 is 2.11 bits per heavy atom. The standard InChI is InChI=1S/C10H15N5O10P2/c11-10-13-7-6(8(17)14-10)12-3-15(7)9-5(16)1-4(24-9)2-23-27(21,22)25-26(18,19)20/h3-5,9,16H,1-2H2,(H,21,22)(H2,18,19,20)(H3,11,13,14,17)/t4-,5+,9+/m0/s1. The zero-order chi connectivity index (χ0) is 20.0. The number of aromatic amines is 1. The monoisotopic (exact) mass is 427 g/mol. The number of hydrogen-bond acceptors (Lipinski definition) is 10. The summed E-state index contributed by atoms with van der Waals surface area (Å²) in [5, 5.41) is 10.2. The van der Waals surface area contributed by atoms with Crippen molar-refractivity contribution in [3.05, 3.63) is 16.7 Å². The van der Waals surface area contributed by atoms with Gasteiger partial charge in [0.2, 0.25) is 5.95 Å². The molecule has 2 aromatic rings. The Morgan fingerprint density at radius 1 is 1.41 bits per heavy atom. The number of nitrogens with one attached hydrogen (secondary N) is 1. The molecule has 1 aliphatic rings. The molecule has 0 saturated carbocycles. The molecule has 0 amide bonds. The molecule has 17 heteroatoms. The molecular formula is C10H15N5O10P2. The number of nitrogens with two attached hydrogens (primary N) is 1. The highest BCUT2D eigenvalue weighted by atomic mass is 31.3. The van der Waals surface area contributed by atoms with E-state index in [4.69, 9.17) is 20.3 Å². The van der Waals surface area contributed by atoms with Crippen LogP contribution in [0.3, 0.4) is 0 Å². The van der Waals surface area contributed by atoms with Gasteiger partial charge in [-0.15, -0.1) is 0 Å². The molecule has 2 aromatic heterocycles. The highest BCUT2D eigenvalue weighted by molar-refractivity contribution is 7.60. The molecule has 0 bridgehead atoms. The van der Waals surface area contributed by atoms with Crippen LogP contribution < -0.4 is 11.3 Å². The Morgan fingerprint density at radius 3 is 2.78 bits per heavy atom. The minimum absolute atomic E-state index is 0.0328. The summed E-state index contributed by atoms with van der Waals surface area (Å²) in [5.74, 6) is -0.169. The SMILES string of the molecule is Nc1nc2c(ncn2[C@@H]2O[C@H](COP(=O)(O)OP(=O)(O)O)C[C@H]2O)c(=O)[nH]1. The summed E-state index contributed by atoms with van der Waals surface area (Å²) >= 11 is 0. The predicted octanol–water partition coefficient (Wildman–Crippen LogP) is -1.42. The van der Waals surface area contributed by atoms with E-state index in [0.29, 0.717) is 0 Å². The first-order valence-corrected chi connectivity index (χ1v) is 10.3. The smallest absolute Gasteiger partial charge is 0.388 e. The lowest BCUT2D eigenvalue weighted by molar-refractivity contribution is -0.0481. The number of nitrogens with zero attached hydrogens (tertiary/aromatic N) is 3. The molecule has 4 atom stereocenters. The third-order valence-electron chi connectivity index (χ3n) is 3.52. The number of anilines is 1. The van der Waals surface area contributed by atoms with E-state index >= 15 is 0 Å². The molecule has 0 aliphatic carbocycles. The number of aliphatic hydroxyl groups excluding tert-OH is 1. The summed E-state index contributed by atoms with van der Waals surface area (Å²) in [6.45, 7) is -0.607. The molecule has 15 nitrogen and oxygen atoms in total. The number of aliphatic hydroxyl groups is 1. The van der Waals surface area contributed by atoms with Crippen LogP contribution in [-0.4, -0.2) is 58.1 Å². The van der Waals surface area contributed by atoms with Crippen LogP contribution in [0.25, 0.3) is 11.2 Å². The number of imidazole rings is 1. The molecule has 1 unspecified atom stereocenters.